The highest BCUT2D eigenvalue weighted by molar-refractivity contribution is 14.1. The van der Waals surface area contributed by atoms with Crippen LogP contribution in [-0.2, 0) is 5.41 Å². The van der Waals surface area contributed by atoms with Crippen LogP contribution in [0.4, 0.5) is 0 Å². The van der Waals surface area contributed by atoms with E-state index in [0.29, 0.717) is 0 Å². The van der Waals surface area contributed by atoms with Crippen LogP contribution in [0.25, 0.3) is 0 Å². The predicted molar refractivity (Wildman–Crippen MR) is 81.9 cm³/mol. The fraction of sp³-hybridized carbons (Fsp3) is 0.571. The minimum Gasteiger partial charge on any atom is -0.496 e. The number of ether oxygens (including phenoxy) is 1. The molecule has 0 bridgehead atoms. The molecule has 0 aliphatic carbocycles. The number of hydrogen-bond donors (Lipinski definition) is 1. The predicted octanol–water partition coefficient (Wildman–Crippen LogP) is 3.58. The van der Waals surface area contributed by atoms with Crippen molar-refractivity contribution >= 4 is 22.6 Å². The number of hydrogen-bond acceptors (Lipinski definition) is 2. The first-order valence-corrected chi connectivity index (χ1v) is 7.14. The molecular formula is C14H22INO. The van der Waals surface area contributed by atoms with Gasteiger partial charge in [-0.05, 0) is 65.7 Å². The Hall–Kier alpha value is -0.290. The number of halogens is 1. The zero-order chi connectivity index (χ0) is 12.9. The maximum Gasteiger partial charge on any atom is 0.122 e. The van der Waals surface area contributed by atoms with Crippen molar-refractivity contribution in [3.63, 3.8) is 0 Å². The Labute approximate surface area is 118 Å². The van der Waals surface area contributed by atoms with E-state index in [4.69, 9.17) is 4.74 Å². The van der Waals surface area contributed by atoms with E-state index in [2.05, 4.69) is 66.9 Å². The molecule has 0 unspecified atom stereocenters. The molecule has 1 rings (SSSR count). The van der Waals surface area contributed by atoms with Gasteiger partial charge in [-0.25, -0.2) is 0 Å². The van der Waals surface area contributed by atoms with Gasteiger partial charge in [0.1, 0.15) is 5.75 Å². The van der Waals surface area contributed by atoms with Crippen LogP contribution in [0.15, 0.2) is 18.2 Å². The normalized spacial score (nSPS) is 11.6. The molecule has 96 valence electrons. The summed E-state index contributed by atoms with van der Waals surface area (Å²) in [4.78, 5) is 0. The zero-order valence-corrected chi connectivity index (χ0v) is 13.3. The summed E-state index contributed by atoms with van der Waals surface area (Å²) < 4.78 is 6.73. The van der Waals surface area contributed by atoms with Crippen LogP contribution >= 0.6 is 22.6 Å². The Morgan fingerprint density at radius 3 is 2.65 bits per heavy atom. The molecule has 0 radical (unpaired) electrons. The van der Waals surface area contributed by atoms with Crippen LogP contribution in [0.2, 0.25) is 0 Å². The summed E-state index contributed by atoms with van der Waals surface area (Å²) in [6, 6.07) is 6.38. The summed E-state index contributed by atoms with van der Waals surface area (Å²) in [6.07, 6.45) is 1.11. The molecule has 0 saturated heterocycles. The molecule has 0 aliphatic rings. The zero-order valence-electron chi connectivity index (χ0n) is 11.1. The standard InChI is InChI=1S/C14H22INO/c1-5-16-9-8-14(2,3)12-10-11(15)6-7-13(12)17-4/h6-7,10,16H,5,8-9H2,1-4H3. The monoisotopic (exact) mass is 347 g/mol. The molecule has 0 saturated carbocycles. The lowest BCUT2D eigenvalue weighted by molar-refractivity contribution is 0.382. The van der Waals surface area contributed by atoms with Gasteiger partial charge in [0.25, 0.3) is 0 Å². The number of nitrogens with one attached hydrogen (secondary N) is 1. The smallest absolute Gasteiger partial charge is 0.122 e. The van der Waals surface area contributed by atoms with Gasteiger partial charge in [-0.2, -0.15) is 0 Å². The third-order valence-corrected chi connectivity index (χ3v) is 3.74. The molecule has 0 aromatic heterocycles. The first kappa shape index (κ1) is 14.8. The maximum absolute atomic E-state index is 5.47. The molecule has 0 amide bonds. The Morgan fingerprint density at radius 2 is 2.06 bits per heavy atom. The first-order chi connectivity index (χ1) is 8.01. The Kier molecular flexibility index (Phi) is 5.73. The largest absolute Gasteiger partial charge is 0.496 e. The minimum absolute atomic E-state index is 0.134. The summed E-state index contributed by atoms with van der Waals surface area (Å²) in [5.74, 6) is 0.993. The van der Waals surface area contributed by atoms with Gasteiger partial charge in [-0.3, -0.25) is 0 Å². The molecule has 1 N–H and O–H groups in total. The van der Waals surface area contributed by atoms with Crippen molar-refractivity contribution in [3.05, 3.63) is 27.3 Å². The second-order valence-electron chi connectivity index (χ2n) is 4.83. The molecule has 0 fully saturated rings. The van der Waals surface area contributed by atoms with E-state index in [0.717, 1.165) is 25.3 Å². The van der Waals surface area contributed by atoms with Crippen molar-refractivity contribution in [2.45, 2.75) is 32.6 Å². The SMILES string of the molecule is CCNCCC(C)(C)c1cc(I)ccc1OC. The second-order valence-corrected chi connectivity index (χ2v) is 6.08. The Bertz CT molecular complexity index is 363. The summed E-state index contributed by atoms with van der Waals surface area (Å²) >= 11 is 2.35. The van der Waals surface area contributed by atoms with Gasteiger partial charge in [-0.15, -0.1) is 0 Å². The topological polar surface area (TPSA) is 21.3 Å². The highest BCUT2D eigenvalue weighted by Gasteiger charge is 2.24. The third-order valence-electron chi connectivity index (χ3n) is 3.07. The summed E-state index contributed by atoms with van der Waals surface area (Å²) in [6.45, 7) is 8.76. The molecule has 0 spiro atoms. The lowest BCUT2D eigenvalue weighted by Gasteiger charge is -2.27. The van der Waals surface area contributed by atoms with Crippen molar-refractivity contribution < 1.29 is 4.74 Å². The summed E-state index contributed by atoms with van der Waals surface area (Å²) in [5, 5.41) is 3.38. The average Bonchev–Trinajstić information content (AvgIpc) is 2.29. The van der Waals surface area contributed by atoms with Crippen LogP contribution in [0.3, 0.4) is 0 Å². The van der Waals surface area contributed by atoms with Crippen LogP contribution in [-0.4, -0.2) is 20.2 Å². The molecule has 3 heteroatoms. The number of benzene rings is 1. The molecule has 0 aliphatic heterocycles. The van der Waals surface area contributed by atoms with Crippen LogP contribution in [0.5, 0.6) is 5.75 Å². The Balaban J connectivity index is 2.91. The molecule has 2 nitrogen and oxygen atoms in total. The van der Waals surface area contributed by atoms with E-state index >= 15 is 0 Å². The van der Waals surface area contributed by atoms with Gasteiger partial charge in [-0.1, -0.05) is 20.8 Å². The minimum atomic E-state index is 0.134. The van der Waals surface area contributed by atoms with E-state index in [1.165, 1.54) is 9.13 Å². The fourth-order valence-corrected chi connectivity index (χ4v) is 2.41. The van der Waals surface area contributed by atoms with Crippen molar-refractivity contribution in [2.75, 3.05) is 20.2 Å². The Morgan fingerprint density at radius 1 is 1.35 bits per heavy atom. The maximum atomic E-state index is 5.47. The van der Waals surface area contributed by atoms with Crippen molar-refractivity contribution in [1.82, 2.24) is 5.32 Å². The van der Waals surface area contributed by atoms with Gasteiger partial charge in [0, 0.05) is 9.13 Å². The lowest BCUT2D eigenvalue weighted by atomic mass is 9.81. The molecular weight excluding hydrogens is 325 g/mol. The molecule has 1 aromatic carbocycles. The third kappa shape index (κ3) is 4.14. The van der Waals surface area contributed by atoms with Crippen LogP contribution in [0, 0.1) is 3.57 Å². The van der Waals surface area contributed by atoms with Gasteiger partial charge in [0.2, 0.25) is 0 Å². The van der Waals surface area contributed by atoms with E-state index in [1.807, 2.05) is 0 Å². The van der Waals surface area contributed by atoms with Gasteiger partial charge >= 0.3 is 0 Å². The highest BCUT2D eigenvalue weighted by Crippen LogP contribution is 2.35. The van der Waals surface area contributed by atoms with E-state index in [9.17, 15) is 0 Å². The summed E-state index contributed by atoms with van der Waals surface area (Å²) in [5.41, 5.74) is 1.43. The highest BCUT2D eigenvalue weighted by atomic mass is 127. The van der Waals surface area contributed by atoms with E-state index in [-0.39, 0.29) is 5.41 Å². The number of rotatable bonds is 6. The van der Waals surface area contributed by atoms with Gasteiger partial charge in [0.15, 0.2) is 0 Å². The quantitative estimate of drug-likeness (QED) is 0.627. The van der Waals surface area contributed by atoms with Crippen molar-refractivity contribution in [1.29, 1.82) is 0 Å². The van der Waals surface area contributed by atoms with E-state index in [1.54, 1.807) is 7.11 Å². The van der Waals surface area contributed by atoms with Gasteiger partial charge in [0.05, 0.1) is 7.11 Å². The average molecular weight is 347 g/mol. The van der Waals surface area contributed by atoms with Crippen molar-refractivity contribution in [2.24, 2.45) is 0 Å². The van der Waals surface area contributed by atoms with Gasteiger partial charge < -0.3 is 10.1 Å². The molecule has 0 heterocycles. The summed E-state index contributed by atoms with van der Waals surface area (Å²) in [7, 11) is 1.74. The van der Waals surface area contributed by atoms with Crippen LogP contribution < -0.4 is 10.1 Å². The van der Waals surface area contributed by atoms with E-state index < -0.39 is 0 Å². The molecule has 17 heavy (non-hydrogen) atoms. The van der Waals surface area contributed by atoms with Crippen LogP contribution in [0.1, 0.15) is 32.8 Å². The lowest BCUT2D eigenvalue weighted by Crippen LogP contribution is -2.26. The second kappa shape index (κ2) is 6.59. The number of methoxy groups -OCH3 is 1. The first-order valence-electron chi connectivity index (χ1n) is 6.06. The molecule has 1 aromatic rings. The van der Waals surface area contributed by atoms with Crippen molar-refractivity contribution in [3.8, 4) is 5.75 Å². The molecule has 0 atom stereocenters. The fourth-order valence-electron chi connectivity index (χ4n) is 1.92.